The van der Waals surface area contributed by atoms with Gasteiger partial charge in [-0.2, -0.15) is 0 Å². The average Bonchev–Trinajstić information content (AvgIpc) is 2.71. The van der Waals surface area contributed by atoms with Crippen LogP contribution in [-0.2, 0) is 22.4 Å². The molecule has 0 aliphatic carbocycles. The number of rotatable bonds is 8. The fourth-order valence-corrected chi connectivity index (χ4v) is 2.75. The summed E-state index contributed by atoms with van der Waals surface area (Å²) in [6, 6.07) is 10.7. The first-order valence-electron chi connectivity index (χ1n) is 8.83. The van der Waals surface area contributed by atoms with Crippen LogP contribution < -0.4 is 14.8 Å². The highest BCUT2D eigenvalue weighted by Gasteiger charge is 2.17. The van der Waals surface area contributed by atoms with E-state index >= 15 is 0 Å². The molecule has 6 heteroatoms. The Balaban J connectivity index is 2.05. The molecular formula is C21H25NO5. The van der Waals surface area contributed by atoms with E-state index in [0.717, 1.165) is 29.7 Å². The molecule has 0 saturated carbocycles. The zero-order valence-corrected chi connectivity index (χ0v) is 16.1. The van der Waals surface area contributed by atoms with Crippen molar-refractivity contribution < 1.29 is 23.8 Å². The molecule has 1 N–H and O–H groups in total. The van der Waals surface area contributed by atoms with Crippen LogP contribution in [0.4, 0.5) is 5.69 Å². The van der Waals surface area contributed by atoms with Gasteiger partial charge in [0.1, 0.15) is 17.1 Å². The van der Waals surface area contributed by atoms with Crippen molar-refractivity contribution in [2.24, 2.45) is 0 Å². The van der Waals surface area contributed by atoms with Crippen molar-refractivity contribution in [3.8, 4) is 11.5 Å². The summed E-state index contributed by atoms with van der Waals surface area (Å²) < 4.78 is 15.4. The van der Waals surface area contributed by atoms with E-state index in [4.69, 9.17) is 14.2 Å². The molecule has 144 valence electrons. The summed E-state index contributed by atoms with van der Waals surface area (Å²) in [5.74, 6) is -0.135. The molecule has 0 heterocycles. The first-order valence-corrected chi connectivity index (χ1v) is 8.83. The van der Waals surface area contributed by atoms with E-state index in [9.17, 15) is 9.59 Å². The smallest absolute Gasteiger partial charge is 0.342 e. The molecule has 2 aromatic rings. The van der Waals surface area contributed by atoms with Gasteiger partial charge in [-0.3, -0.25) is 4.79 Å². The number of hydrogen-bond acceptors (Lipinski definition) is 5. The lowest BCUT2D eigenvalue weighted by atomic mass is 10.0. The van der Waals surface area contributed by atoms with E-state index in [-0.39, 0.29) is 18.1 Å². The predicted molar refractivity (Wildman–Crippen MR) is 104 cm³/mol. The molecule has 0 atom stereocenters. The van der Waals surface area contributed by atoms with E-state index in [1.807, 2.05) is 32.0 Å². The Labute approximate surface area is 159 Å². The molecule has 0 aliphatic heterocycles. The Bertz CT molecular complexity index is 794. The van der Waals surface area contributed by atoms with E-state index in [2.05, 4.69) is 5.32 Å². The van der Waals surface area contributed by atoms with E-state index in [1.165, 1.54) is 14.2 Å². The number of anilines is 1. The number of amides is 1. The number of aryl methyl sites for hydroxylation is 2. The Kier molecular flexibility index (Phi) is 7.23. The molecule has 1 amide bonds. The monoisotopic (exact) mass is 371 g/mol. The van der Waals surface area contributed by atoms with Crippen LogP contribution in [-0.4, -0.2) is 32.7 Å². The zero-order valence-electron chi connectivity index (χ0n) is 16.1. The molecule has 0 bridgehead atoms. The minimum Gasteiger partial charge on any atom is -0.497 e. The molecule has 6 nitrogen and oxygen atoms in total. The van der Waals surface area contributed by atoms with Crippen LogP contribution in [0, 0.1) is 0 Å². The second-order valence-electron chi connectivity index (χ2n) is 5.85. The Morgan fingerprint density at radius 2 is 1.63 bits per heavy atom. The van der Waals surface area contributed by atoms with Gasteiger partial charge in [-0.25, -0.2) is 4.79 Å². The number of esters is 1. The molecule has 0 saturated heterocycles. The van der Waals surface area contributed by atoms with E-state index in [0.29, 0.717) is 11.5 Å². The molecule has 0 unspecified atom stereocenters. The quantitative estimate of drug-likeness (QED) is 0.718. The maximum Gasteiger partial charge on any atom is 0.342 e. The lowest BCUT2D eigenvalue weighted by Crippen LogP contribution is -2.22. The topological polar surface area (TPSA) is 73.9 Å². The molecule has 2 aromatic carbocycles. The third kappa shape index (κ3) is 5.00. The number of benzene rings is 2. The summed E-state index contributed by atoms with van der Waals surface area (Å²) >= 11 is 0. The van der Waals surface area contributed by atoms with Gasteiger partial charge in [0.25, 0.3) is 5.91 Å². The summed E-state index contributed by atoms with van der Waals surface area (Å²) in [6.07, 6.45) is 1.60. The van der Waals surface area contributed by atoms with Crippen LogP contribution in [0.25, 0.3) is 0 Å². The number of nitrogens with one attached hydrogen (secondary N) is 1. The third-order valence-corrected chi connectivity index (χ3v) is 4.23. The SMILES string of the molecule is CCc1cccc(CC)c1NC(=O)COC(=O)c1ccc(OC)cc1OC. The van der Waals surface area contributed by atoms with Gasteiger partial charge in [0.2, 0.25) is 0 Å². The predicted octanol–water partition coefficient (Wildman–Crippen LogP) is 3.62. The second kappa shape index (κ2) is 9.62. The van der Waals surface area contributed by atoms with Crippen LogP contribution in [0.15, 0.2) is 36.4 Å². The fraction of sp³-hybridized carbons (Fsp3) is 0.333. The number of para-hydroxylation sites is 1. The summed E-state index contributed by atoms with van der Waals surface area (Å²) in [4.78, 5) is 24.6. The van der Waals surface area contributed by atoms with Gasteiger partial charge in [-0.05, 0) is 36.1 Å². The van der Waals surface area contributed by atoms with E-state index in [1.54, 1.807) is 18.2 Å². The summed E-state index contributed by atoms with van der Waals surface area (Å²) in [5.41, 5.74) is 3.12. The molecular weight excluding hydrogens is 346 g/mol. The van der Waals surface area contributed by atoms with E-state index < -0.39 is 5.97 Å². The Morgan fingerprint density at radius 1 is 0.963 bits per heavy atom. The number of methoxy groups -OCH3 is 2. The van der Waals surface area contributed by atoms with Crippen LogP contribution in [0.1, 0.15) is 35.3 Å². The number of ether oxygens (including phenoxy) is 3. The van der Waals surface area contributed by atoms with Gasteiger partial charge in [0.15, 0.2) is 6.61 Å². The average molecular weight is 371 g/mol. The maximum atomic E-state index is 12.3. The van der Waals surface area contributed by atoms with Gasteiger partial charge in [0.05, 0.1) is 14.2 Å². The van der Waals surface area contributed by atoms with Crippen LogP contribution in [0.5, 0.6) is 11.5 Å². The largest absolute Gasteiger partial charge is 0.497 e. The summed E-state index contributed by atoms with van der Waals surface area (Å²) in [6.45, 7) is 3.68. The highest BCUT2D eigenvalue weighted by atomic mass is 16.5. The lowest BCUT2D eigenvalue weighted by Gasteiger charge is -2.15. The van der Waals surface area contributed by atoms with Crippen LogP contribution >= 0.6 is 0 Å². The van der Waals surface area contributed by atoms with Crippen molar-refractivity contribution in [1.29, 1.82) is 0 Å². The molecule has 0 spiro atoms. The molecule has 0 aliphatic rings. The third-order valence-electron chi connectivity index (χ3n) is 4.23. The van der Waals surface area contributed by atoms with Gasteiger partial charge >= 0.3 is 5.97 Å². The van der Waals surface area contributed by atoms with Crippen molar-refractivity contribution in [3.05, 3.63) is 53.1 Å². The molecule has 27 heavy (non-hydrogen) atoms. The minimum absolute atomic E-state index is 0.231. The maximum absolute atomic E-state index is 12.3. The zero-order chi connectivity index (χ0) is 19.8. The normalized spacial score (nSPS) is 10.2. The molecule has 0 radical (unpaired) electrons. The minimum atomic E-state index is -0.635. The van der Waals surface area contributed by atoms with Gasteiger partial charge in [0, 0.05) is 11.8 Å². The van der Waals surface area contributed by atoms with Crippen molar-refractivity contribution in [2.75, 3.05) is 26.1 Å². The number of carbonyl (C=O) groups excluding carboxylic acids is 2. The van der Waals surface area contributed by atoms with Crippen molar-refractivity contribution in [1.82, 2.24) is 0 Å². The number of hydrogen-bond donors (Lipinski definition) is 1. The summed E-state index contributed by atoms with van der Waals surface area (Å²) in [7, 11) is 2.97. The first-order chi connectivity index (χ1) is 13.0. The van der Waals surface area contributed by atoms with Crippen molar-refractivity contribution in [2.45, 2.75) is 26.7 Å². The molecule has 2 rings (SSSR count). The lowest BCUT2D eigenvalue weighted by molar-refractivity contribution is -0.119. The Morgan fingerprint density at radius 3 is 2.19 bits per heavy atom. The van der Waals surface area contributed by atoms with Gasteiger partial charge in [-0.1, -0.05) is 32.0 Å². The summed E-state index contributed by atoms with van der Waals surface area (Å²) in [5, 5.41) is 2.87. The van der Waals surface area contributed by atoms with Crippen LogP contribution in [0.3, 0.4) is 0 Å². The first kappa shape index (κ1) is 20.3. The van der Waals surface area contributed by atoms with Crippen molar-refractivity contribution >= 4 is 17.6 Å². The highest BCUT2D eigenvalue weighted by Crippen LogP contribution is 2.25. The number of carbonyl (C=O) groups is 2. The molecule has 0 fully saturated rings. The molecule has 0 aromatic heterocycles. The standard InChI is InChI=1S/C21H25NO5/c1-5-14-8-7-9-15(6-2)20(14)22-19(23)13-27-21(24)17-11-10-16(25-3)12-18(17)26-4/h7-12H,5-6,13H2,1-4H3,(H,22,23). The second-order valence-corrected chi connectivity index (χ2v) is 5.85. The fourth-order valence-electron chi connectivity index (χ4n) is 2.75. The van der Waals surface area contributed by atoms with Crippen molar-refractivity contribution in [3.63, 3.8) is 0 Å². The van der Waals surface area contributed by atoms with Gasteiger partial charge < -0.3 is 19.5 Å². The Hall–Kier alpha value is -3.02. The van der Waals surface area contributed by atoms with Crippen LogP contribution in [0.2, 0.25) is 0 Å². The van der Waals surface area contributed by atoms with Gasteiger partial charge in [-0.15, -0.1) is 0 Å². The highest BCUT2D eigenvalue weighted by molar-refractivity contribution is 5.97.